The van der Waals surface area contributed by atoms with Gasteiger partial charge in [0.05, 0.1) is 11.5 Å². The van der Waals surface area contributed by atoms with Crippen LogP contribution < -0.4 is 0 Å². The van der Waals surface area contributed by atoms with Crippen molar-refractivity contribution in [3.8, 4) is 6.07 Å². The van der Waals surface area contributed by atoms with Crippen LogP contribution in [-0.4, -0.2) is 35.6 Å². The van der Waals surface area contributed by atoms with Crippen molar-refractivity contribution in [2.75, 3.05) is 19.6 Å². The van der Waals surface area contributed by atoms with Crippen molar-refractivity contribution >= 4 is 5.97 Å². The van der Waals surface area contributed by atoms with E-state index in [2.05, 4.69) is 17.5 Å². The van der Waals surface area contributed by atoms with Gasteiger partial charge in [-0.3, -0.25) is 9.69 Å². The van der Waals surface area contributed by atoms with Crippen molar-refractivity contribution in [3.05, 3.63) is 47.5 Å². The Morgan fingerprint density at radius 3 is 2.70 bits per heavy atom. The van der Waals surface area contributed by atoms with E-state index in [9.17, 15) is 9.90 Å². The van der Waals surface area contributed by atoms with E-state index in [0.29, 0.717) is 19.3 Å². The summed E-state index contributed by atoms with van der Waals surface area (Å²) in [5, 5.41) is 18.5. The summed E-state index contributed by atoms with van der Waals surface area (Å²) in [5.41, 5.74) is 2.27. The Bertz CT molecular complexity index is 623. The van der Waals surface area contributed by atoms with E-state index in [1.165, 1.54) is 0 Å². The van der Waals surface area contributed by atoms with Gasteiger partial charge in [-0.1, -0.05) is 42.0 Å². The Morgan fingerprint density at radius 2 is 2.13 bits per heavy atom. The van der Waals surface area contributed by atoms with Crippen molar-refractivity contribution in [2.45, 2.75) is 38.0 Å². The number of nitrogens with zero attached hydrogens (tertiary/aromatic N) is 2. The largest absolute Gasteiger partial charge is 0.481 e. The van der Waals surface area contributed by atoms with Crippen molar-refractivity contribution in [3.63, 3.8) is 0 Å². The standard InChI is InChI=1S/C19H24N2O2/c1-15-5-3-7-17(13-15)19(18(22)23)8-11-21(12-9-19)14-16(2)6-4-10-20/h3,5,7,13H,2,4,6,8-9,11-12,14H2,1H3,(H,22,23). The zero-order valence-corrected chi connectivity index (χ0v) is 13.7. The molecule has 1 aliphatic rings. The molecule has 1 aromatic carbocycles. The highest BCUT2D eigenvalue weighted by molar-refractivity contribution is 5.81. The molecule has 0 atom stereocenters. The van der Waals surface area contributed by atoms with Gasteiger partial charge in [-0.15, -0.1) is 0 Å². The minimum absolute atomic E-state index is 0.495. The van der Waals surface area contributed by atoms with Gasteiger partial charge in [-0.2, -0.15) is 5.26 Å². The zero-order valence-electron chi connectivity index (χ0n) is 13.7. The summed E-state index contributed by atoms with van der Waals surface area (Å²) in [6, 6.07) is 9.99. The molecule has 122 valence electrons. The molecule has 0 radical (unpaired) electrons. The second kappa shape index (κ2) is 7.43. The van der Waals surface area contributed by atoms with Gasteiger partial charge in [-0.05, 0) is 44.8 Å². The number of likely N-dealkylation sites (tertiary alicyclic amines) is 1. The Kier molecular flexibility index (Phi) is 5.57. The molecule has 1 aromatic rings. The maximum absolute atomic E-state index is 12.0. The van der Waals surface area contributed by atoms with Gasteiger partial charge in [0, 0.05) is 13.0 Å². The maximum Gasteiger partial charge on any atom is 0.314 e. The van der Waals surface area contributed by atoms with Gasteiger partial charge >= 0.3 is 5.97 Å². The average molecular weight is 312 g/mol. The lowest BCUT2D eigenvalue weighted by Gasteiger charge is -2.39. The fourth-order valence-corrected chi connectivity index (χ4v) is 3.29. The van der Waals surface area contributed by atoms with Crippen molar-refractivity contribution in [2.24, 2.45) is 0 Å². The summed E-state index contributed by atoms with van der Waals surface area (Å²) < 4.78 is 0. The Morgan fingerprint density at radius 1 is 1.43 bits per heavy atom. The molecule has 1 heterocycles. The molecule has 0 saturated carbocycles. The highest BCUT2D eigenvalue weighted by Gasteiger charge is 2.43. The van der Waals surface area contributed by atoms with Crippen molar-refractivity contribution in [1.29, 1.82) is 5.26 Å². The smallest absolute Gasteiger partial charge is 0.314 e. The van der Waals surface area contributed by atoms with E-state index in [4.69, 9.17) is 5.26 Å². The normalized spacial score (nSPS) is 17.4. The van der Waals surface area contributed by atoms with E-state index >= 15 is 0 Å². The first-order valence-electron chi connectivity index (χ1n) is 8.04. The highest BCUT2D eigenvalue weighted by Crippen LogP contribution is 2.36. The first-order chi connectivity index (χ1) is 11.0. The number of carboxylic acid groups (broad SMARTS) is 1. The topological polar surface area (TPSA) is 64.3 Å². The lowest BCUT2D eigenvalue weighted by Crippen LogP contribution is -2.47. The molecule has 4 nitrogen and oxygen atoms in total. The molecule has 0 bridgehead atoms. The van der Waals surface area contributed by atoms with Gasteiger partial charge < -0.3 is 5.11 Å². The number of aliphatic carboxylic acids is 1. The third-order valence-corrected chi connectivity index (χ3v) is 4.73. The van der Waals surface area contributed by atoms with Crippen LogP contribution in [0.5, 0.6) is 0 Å². The number of hydrogen-bond acceptors (Lipinski definition) is 3. The molecule has 1 aliphatic heterocycles. The van der Waals surface area contributed by atoms with Crippen LogP contribution in [0.3, 0.4) is 0 Å². The molecule has 0 spiro atoms. The van der Waals surface area contributed by atoms with Crippen LogP contribution in [0.1, 0.15) is 36.8 Å². The van der Waals surface area contributed by atoms with E-state index in [1.54, 1.807) is 0 Å². The van der Waals surface area contributed by atoms with Crippen molar-refractivity contribution < 1.29 is 9.90 Å². The fourth-order valence-electron chi connectivity index (χ4n) is 3.29. The average Bonchev–Trinajstić information content (AvgIpc) is 2.53. The SMILES string of the molecule is C=C(CCC#N)CN1CCC(C(=O)O)(c2cccc(C)c2)CC1. The molecule has 2 rings (SSSR count). The number of carboxylic acids is 1. The van der Waals surface area contributed by atoms with Crippen LogP contribution >= 0.6 is 0 Å². The molecule has 0 unspecified atom stereocenters. The summed E-state index contributed by atoms with van der Waals surface area (Å²) >= 11 is 0. The monoisotopic (exact) mass is 312 g/mol. The third kappa shape index (κ3) is 4.00. The molecule has 23 heavy (non-hydrogen) atoms. The number of nitriles is 1. The molecular formula is C19H24N2O2. The predicted octanol–water partition coefficient (Wildman–Crippen LogP) is 3.27. The summed E-state index contributed by atoms with van der Waals surface area (Å²) in [6.07, 6.45) is 2.43. The maximum atomic E-state index is 12.0. The highest BCUT2D eigenvalue weighted by atomic mass is 16.4. The molecular weight excluding hydrogens is 288 g/mol. The number of hydrogen-bond donors (Lipinski definition) is 1. The fraction of sp³-hybridized carbons (Fsp3) is 0.474. The number of rotatable bonds is 6. The Hall–Kier alpha value is -2.12. The predicted molar refractivity (Wildman–Crippen MR) is 90.2 cm³/mol. The van der Waals surface area contributed by atoms with Crippen LogP contribution in [0.2, 0.25) is 0 Å². The first-order valence-corrected chi connectivity index (χ1v) is 8.04. The lowest BCUT2D eigenvalue weighted by molar-refractivity contribution is -0.145. The molecule has 0 amide bonds. The lowest BCUT2D eigenvalue weighted by atomic mass is 9.72. The summed E-state index contributed by atoms with van der Waals surface area (Å²) in [4.78, 5) is 14.2. The minimum atomic E-state index is -0.781. The van der Waals surface area contributed by atoms with Crippen LogP contribution in [0, 0.1) is 18.3 Å². The van der Waals surface area contributed by atoms with E-state index in [1.807, 2.05) is 31.2 Å². The van der Waals surface area contributed by atoms with Crippen LogP contribution in [0.25, 0.3) is 0 Å². The second-order valence-electron chi connectivity index (χ2n) is 6.44. The quantitative estimate of drug-likeness (QED) is 0.819. The van der Waals surface area contributed by atoms with Gasteiger partial charge in [0.1, 0.15) is 0 Å². The molecule has 1 saturated heterocycles. The van der Waals surface area contributed by atoms with Gasteiger partial charge in [0.2, 0.25) is 0 Å². The zero-order chi connectivity index (χ0) is 16.9. The number of carbonyl (C=O) groups is 1. The first kappa shape index (κ1) is 17.2. The van der Waals surface area contributed by atoms with Crippen LogP contribution in [0.4, 0.5) is 0 Å². The van der Waals surface area contributed by atoms with Gasteiger partial charge in [-0.25, -0.2) is 0 Å². The molecule has 4 heteroatoms. The number of aryl methyl sites for hydroxylation is 1. The second-order valence-corrected chi connectivity index (χ2v) is 6.44. The summed E-state index contributed by atoms with van der Waals surface area (Å²) in [5.74, 6) is -0.731. The Labute approximate surface area is 138 Å². The van der Waals surface area contributed by atoms with Crippen LogP contribution in [0.15, 0.2) is 36.4 Å². The molecule has 1 fully saturated rings. The van der Waals surface area contributed by atoms with E-state index in [-0.39, 0.29) is 0 Å². The van der Waals surface area contributed by atoms with Crippen LogP contribution in [-0.2, 0) is 10.2 Å². The summed E-state index contributed by atoms with van der Waals surface area (Å²) in [6.45, 7) is 8.25. The van der Waals surface area contributed by atoms with Gasteiger partial charge in [0.25, 0.3) is 0 Å². The number of benzene rings is 1. The Balaban J connectivity index is 2.06. The third-order valence-electron chi connectivity index (χ3n) is 4.73. The number of piperidine rings is 1. The van der Waals surface area contributed by atoms with E-state index in [0.717, 1.165) is 42.8 Å². The molecule has 0 aliphatic carbocycles. The summed E-state index contributed by atoms with van der Waals surface area (Å²) in [7, 11) is 0. The minimum Gasteiger partial charge on any atom is -0.481 e. The van der Waals surface area contributed by atoms with Crippen molar-refractivity contribution in [1.82, 2.24) is 4.90 Å². The molecule has 0 aromatic heterocycles. The van der Waals surface area contributed by atoms with E-state index < -0.39 is 11.4 Å². The van der Waals surface area contributed by atoms with Gasteiger partial charge in [0.15, 0.2) is 0 Å². The molecule has 1 N–H and O–H groups in total.